The summed E-state index contributed by atoms with van der Waals surface area (Å²) in [4.78, 5) is 12.4. The molecule has 0 fully saturated rings. The van der Waals surface area contributed by atoms with Gasteiger partial charge < -0.3 is 5.32 Å². The van der Waals surface area contributed by atoms with Crippen LogP contribution in [-0.2, 0) is 30.4 Å². The summed E-state index contributed by atoms with van der Waals surface area (Å²) in [6.45, 7) is 5.01. The third-order valence-electron chi connectivity index (χ3n) is 5.17. The van der Waals surface area contributed by atoms with Crippen molar-refractivity contribution >= 4 is 31.5 Å². The van der Waals surface area contributed by atoms with Crippen molar-refractivity contribution in [3.8, 4) is 0 Å². The highest BCUT2D eigenvalue weighted by atomic mass is 32.2. The lowest BCUT2D eigenvalue weighted by atomic mass is 10.2. The lowest BCUT2D eigenvalue weighted by Gasteiger charge is -2.22. The fourth-order valence-corrected chi connectivity index (χ4v) is 6.11. The fourth-order valence-electron chi connectivity index (χ4n) is 3.25. The molecule has 0 radical (unpaired) electrons. The first kappa shape index (κ1) is 27.0. The molecule has 9 heteroatoms. The minimum absolute atomic E-state index is 0.111. The lowest BCUT2D eigenvalue weighted by molar-refractivity contribution is -0.115. The Bertz CT molecular complexity index is 1080. The Labute approximate surface area is 198 Å². The summed E-state index contributed by atoms with van der Waals surface area (Å²) in [6.07, 6.45) is 3.24. The van der Waals surface area contributed by atoms with Gasteiger partial charge in [0.1, 0.15) is 0 Å². The summed E-state index contributed by atoms with van der Waals surface area (Å²) < 4.78 is 52.1. The number of unbranched alkanes of at least 4 members (excludes halogenated alkanes) is 2. The quantitative estimate of drug-likeness (QED) is 0.424. The van der Waals surface area contributed by atoms with Gasteiger partial charge in [0.25, 0.3) is 0 Å². The molecule has 0 aromatic heterocycles. The van der Waals surface area contributed by atoms with E-state index in [1.807, 2.05) is 19.9 Å². The molecule has 1 N–H and O–H groups in total. The van der Waals surface area contributed by atoms with Crippen LogP contribution in [-0.4, -0.2) is 45.9 Å². The largest absolute Gasteiger partial charge is 0.326 e. The van der Waals surface area contributed by atoms with E-state index in [9.17, 15) is 21.6 Å². The topological polar surface area (TPSA) is 101 Å². The van der Waals surface area contributed by atoms with Crippen LogP contribution in [0.1, 0.15) is 51.5 Å². The number of sulfone groups is 1. The molecule has 0 unspecified atom stereocenters. The maximum atomic E-state index is 13.0. The van der Waals surface area contributed by atoms with Crippen molar-refractivity contribution in [2.75, 3.05) is 24.2 Å². The van der Waals surface area contributed by atoms with Crippen molar-refractivity contribution in [1.82, 2.24) is 4.31 Å². The third-order valence-corrected chi connectivity index (χ3v) is 8.68. The molecular weight excluding hydrogens is 460 g/mol. The van der Waals surface area contributed by atoms with Gasteiger partial charge >= 0.3 is 0 Å². The van der Waals surface area contributed by atoms with Gasteiger partial charge in [-0.15, -0.1) is 0 Å². The first-order chi connectivity index (χ1) is 15.7. The molecule has 33 heavy (non-hydrogen) atoms. The second-order valence-corrected chi connectivity index (χ2v) is 12.1. The SMILES string of the molecule is CCCCN(CCCC)S(=O)(=O)c1ccc(NC(=O)CCS(=O)(=O)Cc2ccccc2)cc1. The van der Waals surface area contributed by atoms with Crippen LogP contribution < -0.4 is 5.32 Å². The molecule has 0 aliphatic carbocycles. The van der Waals surface area contributed by atoms with Crippen LogP contribution in [0.2, 0.25) is 0 Å². The van der Waals surface area contributed by atoms with Crippen LogP contribution >= 0.6 is 0 Å². The minimum Gasteiger partial charge on any atom is -0.326 e. The van der Waals surface area contributed by atoms with Crippen molar-refractivity contribution in [1.29, 1.82) is 0 Å². The molecule has 1 amide bonds. The summed E-state index contributed by atoms with van der Waals surface area (Å²) in [5.74, 6) is -0.806. The minimum atomic E-state index is -3.61. The average Bonchev–Trinajstić information content (AvgIpc) is 2.78. The van der Waals surface area contributed by atoms with Crippen LogP contribution in [0.15, 0.2) is 59.5 Å². The van der Waals surface area contributed by atoms with Crippen molar-refractivity contribution < 1.29 is 21.6 Å². The molecule has 2 aromatic rings. The van der Waals surface area contributed by atoms with E-state index in [-0.39, 0.29) is 22.8 Å². The summed E-state index contributed by atoms with van der Waals surface area (Å²) in [5.41, 5.74) is 1.11. The van der Waals surface area contributed by atoms with Crippen LogP contribution in [0.3, 0.4) is 0 Å². The number of nitrogens with zero attached hydrogens (tertiary/aromatic N) is 1. The molecule has 2 rings (SSSR count). The molecule has 0 aliphatic rings. The third kappa shape index (κ3) is 8.91. The van der Waals surface area contributed by atoms with Gasteiger partial charge in [-0.3, -0.25) is 4.79 Å². The zero-order chi connectivity index (χ0) is 24.3. The van der Waals surface area contributed by atoms with E-state index in [1.54, 1.807) is 24.3 Å². The van der Waals surface area contributed by atoms with Gasteiger partial charge in [0.15, 0.2) is 9.84 Å². The first-order valence-electron chi connectivity index (χ1n) is 11.3. The molecule has 0 heterocycles. The lowest BCUT2D eigenvalue weighted by Crippen LogP contribution is -2.33. The van der Waals surface area contributed by atoms with Gasteiger partial charge in [-0.25, -0.2) is 16.8 Å². The summed E-state index contributed by atoms with van der Waals surface area (Å²) in [7, 11) is -7.03. The highest BCUT2D eigenvalue weighted by Crippen LogP contribution is 2.20. The van der Waals surface area contributed by atoms with Crippen LogP contribution in [0.4, 0.5) is 5.69 Å². The molecule has 0 saturated carbocycles. The van der Waals surface area contributed by atoms with Crippen LogP contribution in [0.25, 0.3) is 0 Å². The van der Waals surface area contributed by atoms with Gasteiger partial charge in [0, 0.05) is 25.2 Å². The van der Waals surface area contributed by atoms with Crippen LogP contribution in [0, 0.1) is 0 Å². The Morgan fingerprint density at radius 2 is 1.42 bits per heavy atom. The number of rotatable bonds is 14. The van der Waals surface area contributed by atoms with E-state index in [2.05, 4.69) is 5.32 Å². The Morgan fingerprint density at radius 3 is 1.97 bits per heavy atom. The normalized spacial score (nSPS) is 12.1. The number of carbonyl (C=O) groups is 1. The number of nitrogens with one attached hydrogen (secondary N) is 1. The van der Waals surface area contributed by atoms with E-state index in [1.165, 1.54) is 28.6 Å². The number of anilines is 1. The van der Waals surface area contributed by atoms with Gasteiger partial charge in [-0.2, -0.15) is 4.31 Å². The monoisotopic (exact) mass is 494 g/mol. The molecule has 7 nitrogen and oxygen atoms in total. The molecule has 0 aliphatic heterocycles. The Hall–Kier alpha value is -2.23. The van der Waals surface area contributed by atoms with Crippen molar-refractivity contribution in [2.24, 2.45) is 0 Å². The molecule has 2 aromatic carbocycles. The first-order valence-corrected chi connectivity index (χ1v) is 14.6. The van der Waals surface area contributed by atoms with E-state index in [0.717, 1.165) is 25.7 Å². The maximum Gasteiger partial charge on any atom is 0.243 e. The molecule has 0 atom stereocenters. The number of sulfonamides is 1. The Kier molecular flexibility index (Phi) is 10.5. The highest BCUT2D eigenvalue weighted by molar-refractivity contribution is 7.90. The zero-order valence-electron chi connectivity index (χ0n) is 19.4. The van der Waals surface area contributed by atoms with Gasteiger partial charge in [-0.1, -0.05) is 57.0 Å². The van der Waals surface area contributed by atoms with E-state index < -0.39 is 25.8 Å². The predicted octanol–water partition coefficient (Wildman–Crippen LogP) is 4.22. The van der Waals surface area contributed by atoms with E-state index in [4.69, 9.17) is 0 Å². The average molecular weight is 495 g/mol. The maximum absolute atomic E-state index is 13.0. The number of hydrogen-bond acceptors (Lipinski definition) is 5. The van der Waals surface area contributed by atoms with Crippen molar-refractivity contribution in [3.05, 3.63) is 60.2 Å². The van der Waals surface area contributed by atoms with Gasteiger partial charge in [0.2, 0.25) is 15.9 Å². The van der Waals surface area contributed by atoms with Crippen molar-refractivity contribution in [2.45, 2.75) is 56.6 Å². The summed E-state index contributed by atoms with van der Waals surface area (Å²) >= 11 is 0. The predicted molar refractivity (Wildman–Crippen MR) is 132 cm³/mol. The number of carbonyl (C=O) groups excluding carboxylic acids is 1. The molecule has 182 valence electrons. The second kappa shape index (κ2) is 12.9. The fraction of sp³-hybridized carbons (Fsp3) is 0.458. The van der Waals surface area contributed by atoms with Crippen LogP contribution in [0.5, 0.6) is 0 Å². The Morgan fingerprint density at radius 1 is 0.848 bits per heavy atom. The molecule has 0 spiro atoms. The van der Waals surface area contributed by atoms with E-state index >= 15 is 0 Å². The molecule has 0 bridgehead atoms. The smallest absolute Gasteiger partial charge is 0.243 e. The number of hydrogen-bond donors (Lipinski definition) is 1. The Balaban J connectivity index is 1.96. The molecular formula is C24H34N2O5S2. The summed E-state index contributed by atoms with van der Waals surface area (Å²) in [5, 5.41) is 2.64. The van der Waals surface area contributed by atoms with E-state index in [0.29, 0.717) is 24.3 Å². The standard InChI is InChI=1S/C24H34N2O5S2/c1-3-5-17-26(18-6-4-2)33(30,31)23-14-12-22(13-15-23)25-24(27)16-19-32(28,29)20-21-10-8-7-9-11-21/h7-15H,3-6,16-20H2,1-2H3,(H,25,27). The number of benzene rings is 2. The second-order valence-electron chi connectivity index (χ2n) is 8.01. The van der Waals surface area contributed by atoms with Crippen molar-refractivity contribution in [3.63, 3.8) is 0 Å². The highest BCUT2D eigenvalue weighted by Gasteiger charge is 2.23. The number of amides is 1. The molecule has 0 saturated heterocycles. The summed E-state index contributed by atoms with van der Waals surface area (Å²) in [6, 6.07) is 14.8. The van der Waals surface area contributed by atoms with Gasteiger partial charge in [-0.05, 0) is 42.7 Å². The van der Waals surface area contributed by atoms with Gasteiger partial charge in [0.05, 0.1) is 16.4 Å². The zero-order valence-corrected chi connectivity index (χ0v) is 21.0.